The summed E-state index contributed by atoms with van der Waals surface area (Å²) in [5.41, 5.74) is 1.82. The Balaban J connectivity index is 2.21. The highest BCUT2D eigenvalue weighted by atomic mass is 19.1. The maximum absolute atomic E-state index is 13.1. The fraction of sp³-hybridized carbons (Fsp3) is 0.0833. The van der Waals surface area contributed by atoms with Gasteiger partial charge in [0.15, 0.2) is 11.5 Å². The summed E-state index contributed by atoms with van der Waals surface area (Å²) in [5, 5.41) is 10.8. The average Bonchev–Trinajstić information content (AvgIpc) is 2.92. The Bertz CT molecular complexity index is 685. The van der Waals surface area contributed by atoms with Gasteiger partial charge in [-0.3, -0.25) is 20.3 Å². The van der Waals surface area contributed by atoms with Crippen LogP contribution in [0.2, 0.25) is 0 Å². The number of carbonyl (C=O) groups excluding carboxylic acids is 1. The van der Waals surface area contributed by atoms with E-state index >= 15 is 0 Å². The number of hydrogen-bond donors (Lipinski definition) is 2. The normalized spacial score (nSPS) is 10.2. The Labute approximate surface area is 117 Å². The molecule has 0 spiro atoms. The number of furan rings is 1. The van der Waals surface area contributed by atoms with Crippen LogP contribution in [0.1, 0.15) is 16.1 Å². The minimum absolute atomic E-state index is 0.0865. The molecule has 1 amide bonds. The molecule has 110 valence electrons. The number of nitrogens with one attached hydrogen (secondary N) is 1. The molecule has 1 aromatic heterocycles. The summed E-state index contributed by atoms with van der Waals surface area (Å²) in [6.07, 6.45) is 1.24. The molecule has 8 nitrogen and oxygen atoms in total. The van der Waals surface area contributed by atoms with Crippen molar-refractivity contribution >= 4 is 11.6 Å². The summed E-state index contributed by atoms with van der Waals surface area (Å²) in [6, 6.07) is 4.28. The Hall–Kier alpha value is -2.94. The van der Waals surface area contributed by atoms with Crippen molar-refractivity contribution in [3.63, 3.8) is 0 Å². The molecule has 0 aliphatic heterocycles. The first-order valence-electron chi connectivity index (χ1n) is 5.67. The third-order valence-electron chi connectivity index (χ3n) is 2.59. The highest BCUT2D eigenvalue weighted by Gasteiger charge is 2.19. The number of hydrogen-bond acceptors (Lipinski definition) is 6. The van der Waals surface area contributed by atoms with E-state index in [2.05, 4.69) is 0 Å². The molecule has 1 aromatic carbocycles. The van der Waals surface area contributed by atoms with Gasteiger partial charge in [-0.05, 0) is 12.1 Å². The first-order valence-corrected chi connectivity index (χ1v) is 5.67. The van der Waals surface area contributed by atoms with Gasteiger partial charge in [-0.25, -0.2) is 10.2 Å². The number of nitro benzene ring substituents is 1. The predicted molar refractivity (Wildman–Crippen MR) is 67.7 cm³/mol. The molecule has 0 aliphatic rings. The lowest BCUT2D eigenvalue weighted by Crippen LogP contribution is -2.30. The minimum Gasteiger partial charge on any atom is -0.482 e. The quantitative estimate of drug-likeness (QED) is 0.373. The molecule has 1 heterocycles. The van der Waals surface area contributed by atoms with E-state index in [0.717, 1.165) is 18.2 Å². The number of benzene rings is 1. The number of nitrogen functional groups attached to an aromatic ring is 1. The fourth-order valence-electron chi connectivity index (χ4n) is 1.62. The molecule has 0 saturated carbocycles. The molecule has 2 rings (SSSR count). The summed E-state index contributed by atoms with van der Waals surface area (Å²) in [5.74, 6) is 3.30. The van der Waals surface area contributed by atoms with Gasteiger partial charge in [0.05, 0.1) is 11.2 Å². The van der Waals surface area contributed by atoms with Crippen molar-refractivity contribution < 1.29 is 23.3 Å². The Morgan fingerprint density at radius 2 is 2.24 bits per heavy atom. The standard InChI is InChI=1S/C12H10FN3O5/c13-8-1-2-9(16(18)19)10(5-8)21-6-7-3-4-20-11(7)12(17)15-14/h1-5H,6,14H2,(H,15,17). The largest absolute Gasteiger partial charge is 0.482 e. The van der Waals surface area contributed by atoms with E-state index in [9.17, 15) is 19.3 Å². The lowest BCUT2D eigenvalue weighted by atomic mass is 10.2. The second kappa shape index (κ2) is 6.01. The van der Waals surface area contributed by atoms with Gasteiger partial charge < -0.3 is 9.15 Å². The molecular weight excluding hydrogens is 285 g/mol. The van der Waals surface area contributed by atoms with Crippen molar-refractivity contribution in [2.75, 3.05) is 0 Å². The molecule has 0 aliphatic carbocycles. The molecule has 0 atom stereocenters. The molecule has 3 N–H and O–H groups in total. The van der Waals surface area contributed by atoms with E-state index in [1.54, 1.807) is 0 Å². The second-order valence-electron chi connectivity index (χ2n) is 3.91. The third kappa shape index (κ3) is 3.15. The van der Waals surface area contributed by atoms with Gasteiger partial charge in [0.1, 0.15) is 12.4 Å². The zero-order valence-electron chi connectivity index (χ0n) is 10.5. The third-order valence-corrected chi connectivity index (χ3v) is 2.59. The lowest BCUT2D eigenvalue weighted by Gasteiger charge is -2.06. The van der Waals surface area contributed by atoms with Gasteiger partial charge in [-0.2, -0.15) is 0 Å². The average molecular weight is 295 g/mol. The summed E-state index contributed by atoms with van der Waals surface area (Å²) in [6.45, 7) is -0.219. The van der Waals surface area contributed by atoms with E-state index in [0.29, 0.717) is 5.56 Å². The molecule has 0 saturated heterocycles. The second-order valence-corrected chi connectivity index (χ2v) is 3.91. The Kier molecular flexibility index (Phi) is 4.14. The molecule has 9 heteroatoms. The number of carbonyl (C=O) groups is 1. The summed E-state index contributed by atoms with van der Waals surface area (Å²) in [4.78, 5) is 21.5. The molecule has 21 heavy (non-hydrogen) atoms. The number of nitrogens with two attached hydrogens (primary N) is 1. The van der Waals surface area contributed by atoms with Crippen molar-refractivity contribution in [2.24, 2.45) is 5.84 Å². The van der Waals surface area contributed by atoms with Crippen LogP contribution in [-0.2, 0) is 6.61 Å². The molecule has 0 radical (unpaired) electrons. The van der Waals surface area contributed by atoms with Gasteiger partial charge in [0.25, 0.3) is 0 Å². The maximum Gasteiger partial charge on any atom is 0.311 e. The van der Waals surface area contributed by atoms with Crippen LogP contribution in [0.15, 0.2) is 34.9 Å². The van der Waals surface area contributed by atoms with Crippen molar-refractivity contribution in [3.05, 3.63) is 57.8 Å². The van der Waals surface area contributed by atoms with Crippen molar-refractivity contribution in [2.45, 2.75) is 6.61 Å². The number of nitro groups is 1. The zero-order valence-corrected chi connectivity index (χ0v) is 10.5. The van der Waals surface area contributed by atoms with Gasteiger partial charge >= 0.3 is 11.6 Å². The van der Waals surface area contributed by atoms with Gasteiger partial charge in [-0.15, -0.1) is 0 Å². The lowest BCUT2D eigenvalue weighted by molar-refractivity contribution is -0.386. The molecule has 0 unspecified atom stereocenters. The van der Waals surface area contributed by atoms with E-state index in [4.69, 9.17) is 15.0 Å². The molecule has 0 fully saturated rings. The van der Waals surface area contributed by atoms with Crippen LogP contribution < -0.4 is 16.0 Å². The number of rotatable bonds is 5. The van der Waals surface area contributed by atoms with Crippen LogP contribution >= 0.6 is 0 Å². The number of ether oxygens (including phenoxy) is 1. The molecular formula is C12H10FN3O5. The summed E-state index contributed by atoms with van der Waals surface area (Å²) >= 11 is 0. The van der Waals surface area contributed by atoms with Crippen LogP contribution in [0.5, 0.6) is 5.75 Å². The summed E-state index contributed by atoms with van der Waals surface area (Å²) < 4.78 is 23.3. The van der Waals surface area contributed by atoms with E-state index < -0.39 is 16.6 Å². The fourth-order valence-corrected chi connectivity index (χ4v) is 1.62. The summed E-state index contributed by atoms with van der Waals surface area (Å²) in [7, 11) is 0. The maximum atomic E-state index is 13.1. The van der Waals surface area contributed by atoms with Crippen molar-refractivity contribution in [1.29, 1.82) is 0 Å². The minimum atomic E-state index is -0.697. The number of amides is 1. The first-order chi connectivity index (χ1) is 10.0. The molecule has 2 aromatic rings. The number of hydrazine groups is 1. The van der Waals surface area contributed by atoms with Crippen molar-refractivity contribution in [1.82, 2.24) is 5.43 Å². The van der Waals surface area contributed by atoms with Gasteiger partial charge in [0.2, 0.25) is 0 Å². The monoisotopic (exact) mass is 295 g/mol. The van der Waals surface area contributed by atoms with Crippen LogP contribution in [0, 0.1) is 15.9 Å². The highest BCUT2D eigenvalue weighted by Crippen LogP contribution is 2.28. The van der Waals surface area contributed by atoms with E-state index in [1.165, 1.54) is 12.3 Å². The van der Waals surface area contributed by atoms with Gasteiger partial charge in [0, 0.05) is 17.7 Å². The smallest absolute Gasteiger partial charge is 0.311 e. The number of nitrogens with zero attached hydrogens (tertiary/aromatic N) is 1. The van der Waals surface area contributed by atoms with E-state index in [-0.39, 0.29) is 23.8 Å². The first kappa shape index (κ1) is 14.5. The Morgan fingerprint density at radius 3 is 2.90 bits per heavy atom. The predicted octanol–water partition coefficient (Wildman–Crippen LogP) is 1.51. The highest BCUT2D eigenvalue weighted by molar-refractivity contribution is 5.92. The van der Waals surface area contributed by atoms with E-state index in [1.807, 2.05) is 5.43 Å². The molecule has 0 bridgehead atoms. The number of halogens is 1. The van der Waals surface area contributed by atoms with Crippen LogP contribution in [0.4, 0.5) is 10.1 Å². The Morgan fingerprint density at radius 1 is 1.48 bits per heavy atom. The van der Waals surface area contributed by atoms with Crippen LogP contribution in [0.3, 0.4) is 0 Å². The SMILES string of the molecule is NNC(=O)c1occc1COc1cc(F)ccc1[N+](=O)[O-]. The van der Waals surface area contributed by atoms with Gasteiger partial charge in [-0.1, -0.05) is 0 Å². The van der Waals surface area contributed by atoms with Crippen molar-refractivity contribution in [3.8, 4) is 5.75 Å². The van der Waals surface area contributed by atoms with Crippen LogP contribution in [-0.4, -0.2) is 10.8 Å². The van der Waals surface area contributed by atoms with Crippen LogP contribution in [0.25, 0.3) is 0 Å². The topological polar surface area (TPSA) is 121 Å². The zero-order chi connectivity index (χ0) is 15.4.